The van der Waals surface area contributed by atoms with Crippen LogP contribution in [0.25, 0.3) is 0 Å². The number of nitrogens with one attached hydrogen (secondary N) is 1. The van der Waals surface area contributed by atoms with Crippen LogP contribution in [0.2, 0.25) is 0 Å². The number of hydrogen-bond donors (Lipinski definition) is 1. The lowest BCUT2D eigenvalue weighted by atomic mass is 10.1. The first-order valence-electron chi connectivity index (χ1n) is 9.00. The zero-order valence-corrected chi connectivity index (χ0v) is 14.8. The normalized spacial score (nSPS) is 13.9. The average Bonchev–Trinajstić information content (AvgIpc) is 3.13. The number of carbonyl (C=O) groups excluding carboxylic acids is 1. The van der Waals surface area contributed by atoms with E-state index in [1.807, 2.05) is 24.4 Å². The first-order valence-corrected chi connectivity index (χ1v) is 9.00. The van der Waals surface area contributed by atoms with E-state index in [0.29, 0.717) is 12.1 Å². The number of pyridine rings is 1. The summed E-state index contributed by atoms with van der Waals surface area (Å²) >= 11 is 0. The first kappa shape index (κ1) is 17.2. The first-order chi connectivity index (χ1) is 13.2. The Bertz CT molecular complexity index is 928. The predicted octanol–water partition coefficient (Wildman–Crippen LogP) is 3.75. The lowest BCUT2D eigenvalue weighted by Gasteiger charge is -2.31. The van der Waals surface area contributed by atoms with Crippen LogP contribution in [-0.4, -0.2) is 24.0 Å². The van der Waals surface area contributed by atoms with Gasteiger partial charge in [0.05, 0.1) is 6.04 Å². The minimum atomic E-state index is -0.353. The highest BCUT2D eigenvalue weighted by Gasteiger charge is 2.27. The maximum Gasteiger partial charge on any atom is 0.251 e. The summed E-state index contributed by atoms with van der Waals surface area (Å²) in [4.78, 5) is 19.0. The Morgan fingerprint density at radius 2 is 1.93 bits per heavy atom. The molecule has 0 spiro atoms. The minimum Gasteiger partial charge on any atom is -0.362 e. The number of rotatable bonds is 5. The third-order valence-electron chi connectivity index (χ3n) is 4.93. The summed E-state index contributed by atoms with van der Waals surface area (Å²) < 4.78 is 13.1. The number of hydrogen-bond acceptors (Lipinski definition) is 3. The lowest BCUT2D eigenvalue weighted by Crippen LogP contribution is -2.37. The molecular formula is C22H20FN3O. The Kier molecular flexibility index (Phi) is 4.83. The van der Waals surface area contributed by atoms with Gasteiger partial charge < -0.3 is 10.2 Å². The Hall–Kier alpha value is -3.21. The van der Waals surface area contributed by atoms with Crippen LogP contribution in [-0.2, 0) is 6.42 Å². The molecule has 1 amide bonds. The maximum absolute atomic E-state index is 13.1. The smallest absolute Gasteiger partial charge is 0.251 e. The van der Waals surface area contributed by atoms with Crippen LogP contribution in [0.1, 0.15) is 27.5 Å². The Morgan fingerprint density at radius 3 is 2.70 bits per heavy atom. The van der Waals surface area contributed by atoms with Gasteiger partial charge in [-0.3, -0.25) is 9.78 Å². The van der Waals surface area contributed by atoms with E-state index < -0.39 is 0 Å². The highest BCUT2D eigenvalue weighted by atomic mass is 19.1. The van der Waals surface area contributed by atoms with Crippen molar-refractivity contribution in [3.05, 3.63) is 95.6 Å². The van der Waals surface area contributed by atoms with Gasteiger partial charge in [0.1, 0.15) is 5.82 Å². The number of carbonyl (C=O) groups is 1. The zero-order valence-electron chi connectivity index (χ0n) is 14.8. The minimum absolute atomic E-state index is 0.0215. The van der Waals surface area contributed by atoms with E-state index in [9.17, 15) is 9.18 Å². The van der Waals surface area contributed by atoms with E-state index >= 15 is 0 Å². The van der Waals surface area contributed by atoms with Gasteiger partial charge >= 0.3 is 0 Å². The predicted molar refractivity (Wildman–Crippen MR) is 103 cm³/mol. The Morgan fingerprint density at radius 1 is 1.11 bits per heavy atom. The number of nitrogens with zero attached hydrogens (tertiary/aromatic N) is 2. The van der Waals surface area contributed by atoms with Gasteiger partial charge in [-0.05, 0) is 53.9 Å². The highest BCUT2D eigenvalue weighted by Crippen LogP contribution is 2.34. The van der Waals surface area contributed by atoms with E-state index in [4.69, 9.17) is 0 Å². The molecule has 0 fully saturated rings. The molecule has 1 unspecified atom stereocenters. The summed E-state index contributed by atoms with van der Waals surface area (Å²) in [6.45, 7) is 1.33. The molecule has 136 valence electrons. The number of halogens is 1. The molecule has 0 bridgehead atoms. The van der Waals surface area contributed by atoms with Crippen LogP contribution in [0.4, 0.5) is 10.1 Å². The molecule has 0 saturated heterocycles. The molecule has 27 heavy (non-hydrogen) atoms. The number of fused-ring (bicyclic) bond motifs is 1. The summed E-state index contributed by atoms with van der Waals surface area (Å²) in [5.41, 5.74) is 4.01. The summed E-state index contributed by atoms with van der Waals surface area (Å²) in [5, 5.41) is 2.99. The lowest BCUT2D eigenvalue weighted by molar-refractivity contribution is 0.0951. The van der Waals surface area contributed by atoms with Crippen molar-refractivity contribution in [3.8, 4) is 0 Å². The average molecular weight is 361 g/mol. The van der Waals surface area contributed by atoms with Crippen molar-refractivity contribution in [1.82, 2.24) is 10.3 Å². The van der Waals surface area contributed by atoms with Crippen molar-refractivity contribution in [2.45, 2.75) is 12.5 Å². The molecule has 1 N–H and O–H groups in total. The number of aromatic nitrogens is 1. The molecule has 0 radical (unpaired) electrons. The molecule has 1 aromatic heterocycles. The Balaban J connectivity index is 1.56. The van der Waals surface area contributed by atoms with E-state index in [2.05, 4.69) is 33.4 Å². The third kappa shape index (κ3) is 3.67. The summed E-state index contributed by atoms with van der Waals surface area (Å²) in [5.74, 6) is -0.565. The molecule has 4 nitrogen and oxygen atoms in total. The van der Waals surface area contributed by atoms with Crippen molar-refractivity contribution in [1.29, 1.82) is 0 Å². The van der Waals surface area contributed by atoms with Gasteiger partial charge in [-0.1, -0.05) is 24.3 Å². The van der Waals surface area contributed by atoms with Gasteiger partial charge in [0.25, 0.3) is 5.91 Å². The van der Waals surface area contributed by atoms with Crippen LogP contribution in [0.5, 0.6) is 0 Å². The molecule has 1 aliphatic rings. The SMILES string of the molecule is O=C(NCC(c1cccnc1)N1CCc2ccccc21)c1ccc(F)cc1. The second kappa shape index (κ2) is 7.58. The van der Waals surface area contributed by atoms with Crippen molar-refractivity contribution in [2.75, 3.05) is 18.0 Å². The van der Waals surface area contributed by atoms with Crippen molar-refractivity contribution < 1.29 is 9.18 Å². The number of anilines is 1. The van der Waals surface area contributed by atoms with Gasteiger partial charge in [0.15, 0.2) is 0 Å². The number of amides is 1. The summed E-state index contributed by atoms with van der Waals surface area (Å²) in [6.07, 6.45) is 4.57. The molecule has 0 aliphatic carbocycles. The molecule has 0 saturated carbocycles. The van der Waals surface area contributed by atoms with Gasteiger partial charge in [-0.2, -0.15) is 0 Å². The van der Waals surface area contributed by atoms with Crippen LogP contribution in [0.15, 0.2) is 73.1 Å². The van der Waals surface area contributed by atoms with E-state index in [1.54, 1.807) is 6.20 Å². The van der Waals surface area contributed by atoms with Crippen LogP contribution >= 0.6 is 0 Å². The standard InChI is InChI=1S/C22H20FN3O/c23-19-9-7-17(8-10-19)22(27)25-15-21(18-5-3-12-24-14-18)26-13-11-16-4-1-2-6-20(16)26/h1-10,12,14,21H,11,13,15H2,(H,25,27). The fraction of sp³-hybridized carbons (Fsp3) is 0.182. The second-order valence-corrected chi connectivity index (χ2v) is 6.59. The van der Waals surface area contributed by atoms with E-state index in [0.717, 1.165) is 18.5 Å². The topological polar surface area (TPSA) is 45.2 Å². The van der Waals surface area contributed by atoms with E-state index in [1.165, 1.54) is 35.5 Å². The van der Waals surface area contributed by atoms with Gasteiger partial charge in [0.2, 0.25) is 0 Å². The fourth-order valence-corrected chi connectivity index (χ4v) is 3.56. The zero-order chi connectivity index (χ0) is 18.6. The molecule has 4 rings (SSSR count). The molecule has 1 aliphatic heterocycles. The molecule has 2 aromatic carbocycles. The van der Waals surface area contributed by atoms with E-state index in [-0.39, 0.29) is 17.8 Å². The van der Waals surface area contributed by atoms with Gasteiger partial charge in [-0.25, -0.2) is 4.39 Å². The summed E-state index contributed by atoms with van der Waals surface area (Å²) in [6, 6.07) is 17.9. The van der Waals surface area contributed by atoms with Crippen molar-refractivity contribution in [3.63, 3.8) is 0 Å². The van der Waals surface area contributed by atoms with Crippen LogP contribution in [0, 0.1) is 5.82 Å². The molecule has 5 heteroatoms. The molecule has 3 aromatic rings. The maximum atomic E-state index is 13.1. The monoisotopic (exact) mass is 361 g/mol. The second-order valence-electron chi connectivity index (χ2n) is 6.59. The van der Waals surface area contributed by atoms with Crippen LogP contribution < -0.4 is 10.2 Å². The van der Waals surface area contributed by atoms with Crippen molar-refractivity contribution in [2.24, 2.45) is 0 Å². The molecule has 1 atom stereocenters. The summed E-state index contributed by atoms with van der Waals surface area (Å²) in [7, 11) is 0. The van der Waals surface area contributed by atoms with Crippen molar-refractivity contribution >= 4 is 11.6 Å². The largest absolute Gasteiger partial charge is 0.362 e. The third-order valence-corrected chi connectivity index (χ3v) is 4.93. The van der Waals surface area contributed by atoms with Gasteiger partial charge in [-0.15, -0.1) is 0 Å². The highest BCUT2D eigenvalue weighted by molar-refractivity contribution is 5.94. The molecular weight excluding hydrogens is 341 g/mol. The molecule has 2 heterocycles. The number of para-hydroxylation sites is 1. The van der Waals surface area contributed by atoms with Gasteiger partial charge in [0, 0.05) is 36.7 Å². The quantitative estimate of drug-likeness (QED) is 0.753. The fourth-order valence-electron chi connectivity index (χ4n) is 3.56. The Labute approximate surface area is 157 Å². The van der Waals surface area contributed by atoms with Crippen LogP contribution in [0.3, 0.4) is 0 Å². The number of benzene rings is 2.